The summed E-state index contributed by atoms with van der Waals surface area (Å²) in [5, 5.41) is 12.8. The molecule has 0 atom stereocenters. The number of hydrogen-bond donors (Lipinski definition) is 1. The molecule has 1 N–H and O–H groups in total. The minimum atomic E-state index is 0.217. The molecule has 5 rings (SSSR count). The second kappa shape index (κ2) is 7.10. The van der Waals surface area contributed by atoms with Crippen molar-refractivity contribution in [3.05, 3.63) is 64.5 Å². The van der Waals surface area contributed by atoms with Gasteiger partial charge in [0.25, 0.3) is 0 Å². The van der Waals surface area contributed by atoms with Gasteiger partial charge in [-0.05, 0) is 30.2 Å². The molecule has 0 saturated heterocycles. The van der Waals surface area contributed by atoms with Gasteiger partial charge in [-0.25, -0.2) is 9.97 Å². The molecule has 2 aromatic carbocycles. The number of pyridine rings is 1. The highest BCUT2D eigenvalue weighted by atomic mass is 35.5. The number of benzene rings is 2. The molecule has 0 unspecified atom stereocenters. The lowest BCUT2D eigenvalue weighted by atomic mass is 10.0. The minimum absolute atomic E-state index is 0.217. The summed E-state index contributed by atoms with van der Waals surface area (Å²) in [7, 11) is 0. The maximum absolute atomic E-state index is 10.3. The van der Waals surface area contributed by atoms with Crippen LogP contribution in [0.25, 0.3) is 42.3 Å². The number of thiophene rings is 1. The Hall–Kier alpha value is -2.47. The molecular weight excluding hydrogens is 420 g/mol. The lowest BCUT2D eigenvalue weighted by Crippen LogP contribution is -1.86. The quantitative estimate of drug-likeness (QED) is 0.315. The number of rotatable bonds is 3. The third-order valence-electron chi connectivity index (χ3n) is 4.90. The van der Waals surface area contributed by atoms with Gasteiger partial charge in [-0.1, -0.05) is 67.1 Å². The summed E-state index contributed by atoms with van der Waals surface area (Å²) in [5.41, 5.74) is 3.50. The van der Waals surface area contributed by atoms with E-state index in [0.717, 1.165) is 36.7 Å². The maximum atomic E-state index is 10.3. The summed E-state index contributed by atoms with van der Waals surface area (Å²) in [6.45, 7) is 4.38. The number of fused-ring (bicyclic) bond motifs is 2. The van der Waals surface area contributed by atoms with Crippen LogP contribution in [-0.4, -0.2) is 15.1 Å². The number of aromatic hydroxyl groups is 1. The van der Waals surface area contributed by atoms with E-state index in [4.69, 9.17) is 21.6 Å². The van der Waals surface area contributed by atoms with E-state index < -0.39 is 0 Å². The highest BCUT2D eigenvalue weighted by Gasteiger charge is 2.21. The molecule has 6 heteroatoms. The summed E-state index contributed by atoms with van der Waals surface area (Å²) in [5.74, 6) is 0.644. The highest BCUT2D eigenvalue weighted by Crippen LogP contribution is 2.45. The van der Waals surface area contributed by atoms with Gasteiger partial charge >= 0.3 is 0 Å². The first-order valence-corrected chi connectivity index (χ1v) is 11.3. The standard InChI is InChI=1S/C23H17ClN2OS2/c1-12(2)18-11-15-19(13-7-3-5-9-16(13)24)20-23(26-22(15)28-18)29-21(25-20)14-8-4-6-10-17(14)27/h3-12,27H,1-2H3. The van der Waals surface area contributed by atoms with Crippen LogP contribution in [0.2, 0.25) is 5.02 Å². The van der Waals surface area contributed by atoms with Gasteiger partial charge in [0, 0.05) is 26.4 Å². The van der Waals surface area contributed by atoms with Crippen LogP contribution < -0.4 is 0 Å². The third-order valence-corrected chi connectivity index (χ3v) is 7.54. The third kappa shape index (κ3) is 3.10. The first-order valence-electron chi connectivity index (χ1n) is 9.30. The summed E-state index contributed by atoms with van der Waals surface area (Å²) in [4.78, 5) is 13.0. The minimum Gasteiger partial charge on any atom is -0.507 e. The van der Waals surface area contributed by atoms with E-state index in [1.807, 2.05) is 42.5 Å². The number of thiazole rings is 1. The van der Waals surface area contributed by atoms with E-state index in [1.54, 1.807) is 17.4 Å². The molecule has 3 aromatic heterocycles. The van der Waals surface area contributed by atoms with Crippen LogP contribution in [0.3, 0.4) is 0 Å². The fraction of sp³-hybridized carbons (Fsp3) is 0.130. The van der Waals surface area contributed by atoms with Gasteiger partial charge in [0.1, 0.15) is 25.9 Å². The number of nitrogens with zero attached hydrogens (tertiary/aromatic N) is 2. The van der Waals surface area contributed by atoms with Crippen LogP contribution >= 0.6 is 34.3 Å². The second-order valence-corrected chi connectivity index (χ2v) is 9.63. The molecule has 144 valence electrons. The SMILES string of the molecule is CC(C)c1cc2c(-c3ccccc3Cl)c3nc(-c4ccccc4O)sc3nc2s1. The Morgan fingerprint density at radius 1 is 0.897 bits per heavy atom. The van der Waals surface area contributed by atoms with Crippen molar-refractivity contribution in [3.8, 4) is 27.4 Å². The average Bonchev–Trinajstić information content (AvgIpc) is 3.31. The lowest BCUT2D eigenvalue weighted by Gasteiger charge is -2.07. The van der Waals surface area contributed by atoms with Gasteiger partial charge in [-0.2, -0.15) is 0 Å². The molecule has 0 aliphatic rings. The van der Waals surface area contributed by atoms with Gasteiger partial charge in [-0.3, -0.25) is 0 Å². The van der Waals surface area contributed by atoms with Gasteiger partial charge in [-0.15, -0.1) is 11.3 Å². The summed E-state index contributed by atoms with van der Waals surface area (Å²) >= 11 is 9.81. The molecular formula is C23H17ClN2OS2. The first-order chi connectivity index (χ1) is 14.0. The fourth-order valence-corrected chi connectivity index (χ4v) is 5.74. The Labute approximate surface area is 181 Å². The van der Waals surface area contributed by atoms with Crippen molar-refractivity contribution in [1.29, 1.82) is 0 Å². The number of phenolic OH excluding ortho intramolecular Hbond substituents is 1. The van der Waals surface area contributed by atoms with Crippen LogP contribution in [0, 0.1) is 0 Å². The normalized spacial score (nSPS) is 11.7. The Bertz CT molecular complexity index is 1370. The van der Waals surface area contributed by atoms with Crippen molar-refractivity contribution in [1.82, 2.24) is 9.97 Å². The number of phenols is 1. The fourth-order valence-electron chi connectivity index (χ4n) is 3.42. The maximum Gasteiger partial charge on any atom is 0.146 e. The Morgan fingerprint density at radius 3 is 2.34 bits per heavy atom. The van der Waals surface area contributed by atoms with Crippen LogP contribution in [0.5, 0.6) is 5.75 Å². The largest absolute Gasteiger partial charge is 0.507 e. The van der Waals surface area contributed by atoms with E-state index in [0.29, 0.717) is 16.5 Å². The molecule has 0 bridgehead atoms. The second-order valence-electron chi connectivity index (χ2n) is 7.18. The molecule has 0 saturated carbocycles. The van der Waals surface area contributed by atoms with Gasteiger partial charge in [0.15, 0.2) is 0 Å². The number of halogens is 1. The molecule has 3 heterocycles. The Morgan fingerprint density at radius 2 is 1.62 bits per heavy atom. The predicted octanol–water partition coefficient (Wildman–Crippen LogP) is 7.72. The van der Waals surface area contributed by atoms with E-state index in [2.05, 4.69) is 19.9 Å². The van der Waals surface area contributed by atoms with Crippen molar-refractivity contribution >= 4 is 54.8 Å². The van der Waals surface area contributed by atoms with Crippen LogP contribution in [0.4, 0.5) is 0 Å². The van der Waals surface area contributed by atoms with Crippen LogP contribution in [0.15, 0.2) is 54.6 Å². The number of para-hydroxylation sites is 1. The zero-order valence-corrected chi connectivity index (χ0v) is 18.2. The van der Waals surface area contributed by atoms with E-state index in [1.165, 1.54) is 16.2 Å². The van der Waals surface area contributed by atoms with Gasteiger partial charge in [0.2, 0.25) is 0 Å². The van der Waals surface area contributed by atoms with E-state index in [9.17, 15) is 5.11 Å². The molecule has 0 amide bonds. The monoisotopic (exact) mass is 436 g/mol. The van der Waals surface area contributed by atoms with Crippen molar-refractivity contribution in [2.75, 3.05) is 0 Å². The van der Waals surface area contributed by atoms with Gasteiger partial charge in [0.05, 0.1) is 5.56 Å². The lowest BCUT2D eigenvalue weighted by molar-refractivity contribution is 0.477. The summed E-state index contributed by atoms with van der Waals surface area (Å²) < 4.78 is 0. The summed E-state index contributed by atoms with van der Waals surface area (Å²) in [6, 6.07) is 17.3. The smallest absolute Gasteiger partial charge is 0.146 e. The van der Waals surface area contributed by atoms with E-state index >= 15 is 0 Å². The van der Waals surface area contributed by atoms with E-state index in [-0.39, 0.29) is 5.75 Å². The number of hydrogen-bond acceptors (Lipinski definition) is 5. The number of aromatic nitrogens is 2. The summed E-state index contributed by atoms with van der Waals surface area (Å²) in [6.07, 6.45) is 0. The molecule has 0 fully saturated rings. The van der Waals surface area contributed by atoms with Crippen molar-refractivity contribution < 1.29 is 5.11 Å². The highest BCUT2D eigenvalue weighted by molar-refractivity contribution is 7.22. The molecule has 0 spiro atoms. The zero-order valence-electron chi connectivity index (χ0n) is 15.8. The topological polar surface area (TPSA) is 46.0 Å². The molecule has 3 nitrogen and oxygen atoms in total. The molecule has 0 radical (unpaired) electrons. The van der Waals surface area contributed by atoms with Crippen molar-refractivity contribution in [2.24, 2.45) is 0 Å². The van der Waals surface area contributed by atoms with Crippen molar-refractivity contribution in [2.45, 2.75) is 19.8 Å². The molecule has 0 aliphatic carbocycles. The van der Waals surface area contributed by atoms with Crippen molar-refractivity contribution in [3.63, 3.8) is 0 Å². The van der Waals surface area contributed by atoms with Crippen LogP contribution in [0.1, 0.15) is 24.6 Å². The predicted molar refractivity (Wildman–Crippen MR) is 124 cm³/mol. The molecule has 0 aliphatic heterocycles. The Kier molecular flexibility index (Phi) is 4.54. The first kappa shape index (κ1) is 18.6. The Balaban J connectivity index is 1.88. The van der Waals surface area contributed by atoms with Gasteiger partial charge < -0.3 is 5.11 Å². The van der Waals surface area contributed by atoms with Crippen LogP contribution in [-0.2, 0) is 0 Å². The molecule has 5 aromatic rings. The molecule has 29 heavy (non-hydrogen) atoms. The average molecular weight is 437 g/mol. The zero-order chi connectivity index (χ0) is 20.1.